The molecular weight excluding hydrogens is 364 g/mol. The summed E-state index contributed by atoms with van der Waals surface area (Å²) in [5.41, 5.74) is 1.48. The van der Waals surface area contributed by atoms with Gasteiger partial charge in [0.15, 0.2) is 4.83 Å². The van der Waals surface area contributed by atoms with Gasteiger partial charge in [0, 0.05) is 10.6 Å². The molecule has 0 aliphatic heterocycles. The normalized spacial score (nSPS) is 14.6. The topological polar surface area (TPSA) is 86.1 Å². The van der Waals surface area contributed by atoms with Crippen molar-refractivity contribution in [3.05, 3.63) is 45.1 Å². The number of hydrogen-bond donors (Lipinski definition) is 1. The van der Waals surface area contributed by atoms with Gasteiger partial charge in [-0.15, -0.1) is 16.4 Å². The first-order valence-electron chi connectivity index (χ1n) is 8.93. The number of nitrogens with zero attached hydrogens (tertiary/aromatic N) is 3. The van der Waals surface area contributed by atoms with Crippen molar-refractivity contribution in [3.8, 4) is 5.75 Å². The van der Waals surface area contributed by atoms with Crippen LogP contribution < -0.4 is 15.6 Å². The number of aromatic nitrogens is 3. The molecule has 1 aliphatic rings. The minimum Gasteiger partial charge on any atom is -0.497 e. The molecular formula is C19H20N4O3S. The van der Waals surface area contributed by atoms with E-state index in [1.165, 1.54) is 9.56 Å². The molecule has 0 saturated heterocycles. The average Bonchev–Trinajstić information content (AvgIpc) is 3.07. The molecule has 0 spiro atoms. The zero-order valence-corrected chi connectivity index (χ0v) is 16.0. The Bertz CT molecular complexity index is 1060. The molecule has 1 unspecified atom stereocenters. The van der Waals surface area contributed by atoms with Gasteiger partial charge in [-0.25, -0.2) is 0 Å². The number of carbonyl (C=O) groups excluding carboxylic acids is 1. The van der Waals surface area contributed by atoms with Crippen LogP contribution >= 0.6 is 11.3 Å². The Morgan fingerprint density at radius 3 is 2.74 bits per heavy atom. The quantitative estimate of drug-likeness (QED) is 0.747. The second-order valence-corrected chi connectivity index (χ2v) is 7.71. The van der Waals surface area contributed by atoms with E-state index in [4.69, 9.17) is 4.74 Å². The maximum absolute atomic E-state index is 13.0. The maximum atomic E-state index is 13.0. The van der Waals surface area contributed by atoms with Gasteiger partial charge in [0.1, 0.15) is 11.8 Å². The molecule has 2 heterocycles. The molecule has 0 saturated carbocycles. The van der Waals surface area contributed by atoms with Gasteiger partial charge in [-0.3, -0.25) is 9.59 Å². The van der Waals surface area contributed by atoms with Crippen LogP contribution in [0.25, 0.3) is 10.2 Å². The highest BCUT2D eigenvalue weighted by molar-refractivity contribution is 7.18. The van der Waals surface area contributed by atoms with Crippen molar-refractivity contribution in [1.82, 2.24) is 15.0 Å². The second kappa shape index (κ2) is 7.11. The number of ether oxygens (including phenoxy) is 1. The molecule has 1 amide bonds. The lowest BCUT2D eigenvalue weighted by Crippen LogP contribution is -2.34. The Balaban J connectivity index is 1.63. The largest absolute Gasteiger partial charge is 0.497 e. The molecule has 1 N–H and O–H groups in total. The summed E-state index contributed by atoms with van der Waals surface area (Å²) in [6, 6.07) is 6.24. The number of methoxy groups -OCH3 is 1. The smallest absolute Gasteiger partial charge is 0.279 e. The van der Waals surface area contributed by atoms with Crippen LogP contribution in [0, 0.1) is 0 Å². The number of fused-ring (bicyclic) bond motifs is 3. The van der Waals surface area contributed by atoms with Crippen LogP contribution in [-0.4, -0.2) is 28.0 Å². The summed E-state index contributed by atoms with van der Waals surface area (Å²) in [5.74, 6) is 0.385. The first-order chi connectivity index (χ1) is 13.1. The summed E-state index contributed by atoms with van der Waals surface area (Å²) in [6.45, 7) is 1.65. The molecule has 1 atom stereocenters. The predicted molar refractivity (Wildman–Crippen MR) is 105 cm³/mol. The summed E-state index contributed by atoms with van der Waals surface area (Å²) in [6.07, 6.45) is 4.10. The van der Waals surface area contributed by atoms with Gasteiger partial charge < -0.3 is 10.1 Å². The lowest BCUT2D eigenvalue weighted by atomic mass is 9.97. The minimum absolute atomic E-state index is 0.239. The summed E-state index contributed by atoms with van der Waals surface area (Å²) in [4.78, 5) is 27.5. The standard InChI is InChI=1S/C19H20N4O3S/c1-11(17(24)20-12-7-9-13(26-2)10-8-12)23-19(25)16-14-5-3-4-6-15(14)27-18(16)21-22-23/h7-11H,3-6H2,1-2H3,(H,20,24). The number of aryl methyl sites for hydroxylation is 2. The Morgan fingerprint density at radius 1 is 1.26 bits per heavy atom. The summed E-state index contributed by atoms with van der Waals surface area (Å²) < 4.78 is 6.29. The molecule has 2 aromatic heterocycles. The van der Waals surface area contributed by atoms with Crippen LogP contribution in [0.2, 0.25) is 0 Å². The molecule has 1 aliphatic carbocycles. The zero-order chi connectivity index (χ0) is 19.0. The fourth-order valence-electron chi connectivity index (χ4n) is 3.37. The van der Waals surface area contributed by atoms with E-state index in [-0.39, 0.29) is 11.5 Å². The Kier molecular flexibility index (Phi) is 4.65. The number of thiophene rings is 1. The van der Waals surface area contributed by atoms with Crippen molar-refractivity contribution >= 4 is 33.1 Å². The molecule has 0 bridgehead atoms. The van der Waals surface area contributed by atoms with Crippen molar-refractivity contribution in [3.63, 3.8) is 0 Å². The molecule has 0 fully saturated rings. The van der Waals surface area contributed by atoms with Crippen LogP contribution in [0.4, 0.5) is 5.69 Å². The van der Waals surface area contributed by atoms with Crippen LogP contribution in [0.1, 0.15) is 36.2 Å². The molecule has 27 heavy (non-hydrogen) atoms. The van der Waals surface area contributed by atoms with E-state index in [1.54, 1.807) is 49.6 Å². The highest BCUT2D eigenvalue weighted by Gasteiger charge is 2.24. The predicted octanol–water partition coefficient (Wildman–Crippen LogP) is 2.94. The summed E-state index contributed by atoms with van der Waals surface area (Å²) in [7, 11) is 1.58. The molecule has 1 aromatic carbocycles. The van der Waals surface area contributed by atoms with E-state index in [9.17, 15) is 9.59 Å². The van der Waals surface area contributed by atoms with Crippen molar-refractivity contribution in [2.75, 3.05) is 12.4 Å². The maximum Gasteiger partial charge on any atom is 0.279 e. The number of rotatable bonds is 4. The fourth-order valence-corrected chi connectivity index (χ4v) is 4.57. The Labute approximate surface area is 160 Å². The number of anilines is 1. The minimum atomic E-state index is -0.768. The monoisotopic (exact) mass is 384 g/mol. The van der Waals surface area contributed by atoms with Crippen molar-refractivity contribution in [1.29, 1.82) is 0 Å². The second-order valence-electron chi connectivity index (χ2n) is 6.62. The number of amides is 1. The van der Waals surface area contributed by atoms with Gasteiger partial charge in [-0.2, -0.15) is 4.68 Å². The number of nitrogens with one attached hydrogen (secondary N) is 1. The average molecular weight is 384 g/mol. The lowest BCUT2D eigenvalue weighted by molar-refractivity contribution is -0.119. The van der Waals surface area contributed by atoms with Gasteiger partial charge >= 0.3 is 0 Å². The number of hydrogen-bond acceptors (Lipinski definition) is 6. The third kappa shape index (κ3) is 3.21. The van der Waals surface area contributed by atoms with E-state index in [1.807, 2.05) is 0 Å². The van der Waals surface area contributed by atoms with Gasteiger partial charge in [0.2, 0.25) is 5.91 Å². The van der Waals surface area contributed by atoms with Crippen LogP contribution in [-0.2, 0) is 17.6 Å². The number of benzene rings is 1. The highest BCUT2D eigenvalue weighted by Crippen LogP contribution is 2.33. The van der Waals surface area contributed by atoms with E-state index >= 15 is 0 Å². The van der Waals surface area contributed by atoms with Gasteiger partial charge in [0.25, 0.3) is 5.56 Å². The zero-order valence-electron chi connectivity index (χ0n) is 15.2. The van der Waals surface area contributed by atoms with Crippen molar-refractivity contribution in [2.45, 2.75) is 38.6 Å². The van der Waals surface area contributed by atoms with Crippen LogP contribution in [0.5, 0.6) is 5.75 Å². The molecule has 7 nitrogen and oxygen atoms in total. The van der Waals surface area contributed by atoms with Crippen LogP contribution in [0.15, 0.2) is 29.1 Å². The Hall–Kier alpha value is -2.74. The molecule has 4 rings (SSSR count). The van der Waals surface area contributed by atoms with E-state index < -0.39 is 6.04 Å². The first kappa shape index (κ1) is 17.7. The van der Waals surface area contributed by atoms with E-state index in [0.29, 0.717) is 21.7 Å². The lowest BCUT2D eigenvalue weighted by Gasteiger charge is -2.14. The number of carbonyl (C=O) groups is 1. The van der Waals surface area contributed by atoms with Gasteiger partial charge in [-0.05, 0) is 62.4 Å². The fraction of sp³-hybridized carbons (Fsp3) is 0.368. The van der Waals surface area contributed by atoms with Crippen molar-refractivity contribution in [2.24, 2.45) is 0 Å². The summed E-state index contributed by atoms with van der Waals surface area (Å²) in [5, 5.41) is 11.7. The molecule has 8 heteroatoms. The SMILES string of the molecule is COc1ccc(NC(=O)C(C)n2nnc3sc4c(c3c2=O)CCCC4)cc1. The van der Waals surface area contributed by atoms with Crippen molar-refractivity contribution < 1.29 is 9.53 Å². The molecule has 3 aromatic rings. The third-order valence-electron chi connectivity index (χ3n) is 4.91. The summed E-state index contributed by atoms with van der Waals surface area (Å²) >= 11 is 1.55. The molecule has 0 radical (unpaired) electrons. The Morgan fingerprint density at radius 2 is 2.00 bits per heavy atom. The van der Waals surface area contributed by atoms with E-state index in [0.717, 1.165) is 31.2 Å². The van der Waals surface area contributed by atoms with E-state index in [2.05, 4.69) is 15.6 Å². The highest BCUT2D eigenvalue weighted by atomic mass is 32.1. The first-order valence-corrected chi connectivity index (χ1v) is 9.75. The third-order valence-corrected chi connectivity index (χ3v) is 6.09. The van der Waals surface area contributed by atoms with Gasteiger partial charge in [-0.1, -0.05) is 5.21 Å². The van der Waals surface area contributed by atoms with Crippen LogP contribution in [0.3, 0.4) is 0 Å². The molecule has 140 valence electrons. The van der Waals surface area contributed by atoms with Gasteiger partial charge in [0.05, 0.1) is 12.5 Å².